The molecule has 3 aliphatic rings. The normalized spacial score (nSPS) is 23.3. The fraction of sp³-hybridized carbons (Fsp3) is 0.414. The number of ether oxygens (including phenoxy) is 1. The highest BCUT2D eigenvalue weighted by atomic mass is 19.1. The summed E-state index contributed by atoms with van der Waals surface area (Å²) in [6, 6.07) is 7.71. The number of aromatic nitrogens is 3. The van der Waals surface area contributed by atoms with Gasteiger partial charge in [-0.1, -0.05) is 0 Å². The number of pyridine rings is 3. The Morgan fingerprint density at radius 3 is 2.46 bits per heavy atom. The number of fused-ring (bicyclic) bond motifs is 5. The zero-order valence-electron chi connectivity index (χ0n) is 21.0. The van der Waals surface area contributed by atoms with Gasteiger partial charge in [0.25, 0.3) is 0 Å². The summed E-state index contributed by atoms with van der Waals surface area (Å²) in [6.45, 7) is 4.78. The highest BCUT2D eigenvalue weighted by molar-refractivity contribution is 5.81. The lowest BCUT2D eigenvalue weighted by Crippen LogP contribution is -2.61. The number of nitrogens with zero attached hydrogens (tertiary/aromatic N) is 3. The lowest BCUT2D eigenvalue weighted by molar-refractivity contribution is -0.165. The molecule has 7 rings (SSSR count). The van der Waals surface area contributed by atoms with Crippen LogP contribution in [0.5, 0.6) is 0 Å². The number of aryl methyl sites for hydroxylation is 3. The van der Waals surface area contributed by atoms with E-state index in [1.54, 1.807) is 6.07 Å². The minimum atomic E-state index is -0.521. The van der Waals surface area contributed by atoms with Crippen LogP contribution in [-0.4, -0.2) is 32.7 Å². The molecule has 1 aliphatic carbocycles. The molecule has 192 valence electrons. The molecule has 3 aromatic heterocycles. The van der Waals surface area contributed by atoms with E-state index in [0.29, 0.717) is 41.9 Å². The second kappa shape index (κ2) is 9.03. The van der Waals surface area contributed by atoms with Crippen LogP contribution >= 0.6 is 0 Å². The monoisotopic (exact) mass is 506 g/mol. The molecule has 0 unspecified atom stereocenters. The number of halogens is 3. The summed E-state index contributed by atoms with van der Waals surface area (Å²) in [7, 11) is 0. The molecule has 5 heterocycles. The lowest BCUT2D eigenvalue weighted by atomic mass is 9.69. The van der Waals surface area contributed by atoms with Crippen molar-refractivity contribution in [2.75, 3.05) is 6.61 Å². The van der Waals surface area contributed by atoms with Crippen molar-refractivity contribution in [1.29, 1.82) is 0 Å². The molecule has 4 aromatic rings. The first kappa shape index (κ1) is 24.2. The third-order valence-corrected chi connectivity index (χ3v) is 8.34. The molecular weight excluding hydrogens is 477 g/mol. The van der Waals surface area contributed by atoms with Gasteiger partial charge in [-0.2, -0.15) is 0 Å². The third-order valence-electron chi connectivity index (χ3n) is 8.34. The van der Waals surface area contributed by atoms with Crippen molar-refractivity contribution in [3.8, 4) is 0 Å². The molecule has 3 fully saturated rings. The molecular formula is C29H29F3N4O. The molecule has 2 aliphatic heterocycles. The van der Waals surface area contributed by atoms with Crippen LogP contribution in [0.4, 0.5) is 13.2 Å². The largest absolute Gasteiger partial charge is 0.373 e. The Kier molecular flexibility index (Phi) is 5.92. The van der Waals surface area contributed by atoms with Gasteiger partial charge in [0.2, 0.25) is 0 Å². The topological polar surface area (TPSA) is 59.9 Å². The SMILES string of the molecule is Cc1ccc2ncc(F)c(CCC34CCC(NCc5cc6c(F)ccc(F)c6nc5C)(CC3)CO4)c2n1. The van der Waals surface area contributed by atoms with Crippen LogP contribution in [0.3, 0.4) is 0 Å². The summed E-state index contributed by atoms with van der Waals surface area (Å²) in [5.41, 5.74) is 3.93. The Morgan fingerprint density at radius 1 is 0.919 bits per heavy atom. The Morgan fingerprint density at radius 2 is 1.70 bits per heavy atom. The average Bonchev–Trinajstić information content (AvgIpc) is 2.90. The number of benzene rings is 1. The molecule has 1 aromatic carbocycles. The van der Waals surface area contributed by atoms with E-state index in [1.807, 2.05) is 26.0 Å². The first-order chi connectivity index (χ1) is 17.8. The summed E-state index contributed by atoms with van der Waals surface area (Å²) in [6.07, 6.45) is 6.20. The van der Waals surface area contributed by atoms with Crippen LogP contribution in [0, 0.1) is 31.3 Å². The van der Waals surface area contributed by atoms with E-state index < -0.39 is 11.6 Å². The second-order valence-electron chi connectivity index (χ2n) is 10.7. The van der Waals surface area contributed by atoms with Crippen molar-refractivity contribution in [2.45, 2.75) is 70.1 Å². The van der Waals surface area contributed by atoms with E-state index in [9.17, 15) is 13.2 Å². The molecule has 0 amide bonds. The van der Waals surface area contributed by atoms with Crippen LogP contribution < -0.4 is 5.32 Å². The van der Waals surface area contributed by atoms with Crippen molar-refractivity contribution < 1.29 is 17.9 Å². The highest BCUT2D eigenvalue weighted by Gasteiger charge is 2.49. The third kappa shape index (κ3) is 4.36. The van der Waals surface area contributed by atoms with Gasteiger partial charge in [0.05, 0.1) is 29.4 Å². The van der Waals surface area contributed by atoms with E-state index >= 15 is 0 Å². The molecule has 2 saturated heterocycles. The van der Waals surface area contributed by atoms with Gasteiger partial charge in [-0.3, -0.25) is 9.97 Å². The summed E-state index contributed by atoms with van der Waals surface area (Å²) in [5, 5.41) is 3.85. The van der Waals surface area contributed by atoms with Crippen molar-refractivity contribution in [2.24, 2.45) is 0 Å². The van der Waals surface area contributed by atoms with Crippen molar-refractivity contribution in [3.63, 3.8) is 0 Å². The van der Waals surface area contributed by atoms with Gasteiger partial charge in [-0.15, -0.1) is 0 Å². The van der Waals surface area contributed by atoms with E-state index in [-0.39, 0.29) is 27.9 Å². The maximum absolute atomic E-state index is 14.7. The zero-order chi connectivity index (χ0) is 25.8. The average molecular weight is 507 g/mol. The minimum absolute atomic E-state index is 0.0617. The van der Waals surface area contributed by atoms with Crippen molar-refractivity contribution in [3.05, 3.63) is 76.5 Å². The van der Waals surface area contributed by atoms with Crippen LogP contribution in [0.1, 0.15) is 54.6 Å². The zero-order valence-corrected chi connectivity index (χ0v) is 21.0. The summed E-state index contributed by atoms with van der Waals surface area (Å²) in [5.74, 6) is -1.32. The van der Waals surface area contributed by atoms with Gasteiger partial charge in [-0.05, 0) is 88.3 Å². The fourth-order valence-electron chi connectivity index (χ4n) is 5.89. The van der Waals surface area contributed by atoms with E-state index in [4.69, 9.17) is 4.74 Å². The van der Waals surface area contributed by atoms with Gasteiger partial charge >= 0.3 is 0 Å². The van der Waals surface area contributed by atoms with Gasteiger partial charge in [0, 0.05) is 34.4 Å². The number of nitrogens with one attached hydrogen (secondary N) is 1. The molecule has 0 radical (unpaired) electrons. The van der Waals surface area contributed by atoms with Gasteiger partial charge in [-0.25, -0.2) is 18.2 Å². The van der Waals surface area contributed by atoms with Gasteiger partial charge < -0.3 is 10.1 Å². The molecule has 5 nitrogen and oxygen atoms in total. The van der Waals surface area contributed by atoms with Crippen LogP contribution in [0.2, 0.25) is 0 Å². The lowest BCUT2D eigenvalue weighted by Gasteiger charge is -2.53. The molecule has 0 atom stereocenters. The molecule has 37 heavy (non-hydrogen) atoms. The second-order valence-corrected chi connectivity index (χ2v) is 10.7. The maximum atomic E-state index is 14.7. The molecule has 8 heteroatoms. The Balaban J connectivity index is 1.14. The van der Waals surface area contributed by atoms with Gasteiger partial charge in [0.15, 0.2) is 0 Å². The number of hydrogen-bond acceptors (Lipinski definition) is 5. The summed E-state index contributed by atoms with van der Waals surface area (Å²) >= 11 is 0. The van der Waals surface area contributed by atoms with Gasteiger partial charge in [0.1, 0.15) is 23.0 Å². The number of rotatable bonds is 6. The predicted molar refractivity (Wildman–Crippen MR) is 136 cm³/mol. The summed E-state index contributed by atoms with van der Waals surface area (Å²) < 4.78 is 49.6. The standard InChI is InChI=1S/C29H29F3N4O/c1-17-3-6-25-27(35-17)20(24(32)15-33-25)7-8-29-11-9-28(10-12-29,16-37-29)34-14-19-13-21-22(30)4-5-23(31)26(21)36-18(19)2/h3-6,13,15,34H,7-12,14,16H2,1-2H3. The quantitative estimate of drug-likeness (QED) is 0.347. The van der Waals surface area contributed by atoms with E-state index in [1.165, 1.54) is 6.20 Å². The molecule has 1 saturated carbocycles. The van der Waals surface area contributed by atoms with Crippen molar-refractivity contribution in [1.82, 2.24) is 20.3 Å². The first-order valence-corrected chi connectivity index (χ1v) is 12.8. The van der Waals surface area contributed by atoms with Crippen LogP contribution in [-0.2, 0) is 17.7 Å². The smallest absolute Gasteiger partial charge is 0.149 e. The Bertz CT molecular complexity index is 1490. The molecule has 0 spiro atoms. The summed E-state index contributed by atoms with van der Waals surface area (Å²) in [4.78, 5) is 13.1. The minimum Gasteiger partial charge on any atom is -0.373 e. The fourth-order valence-corrected chi connectivity index (χ4v) is 5.89. The van der Waals surface area contributed by atoms with E-state index in [0.717, 1.165) is 55.5 Å². The van der Waals surface area contributed by atoms with Crippen LogP contribution in [0.15, 0.2) is 36.5 Å². The maximum Gasteiger partial charge on any atom is 0.149 e. The van der Waals surface area contributed by atoms with Crippen molar-refractivity contribution >= 4 is 21.9 Å². The number of hydrogen-bond donors (Lipinski definition) is 1. The Labute approximate surface area is 213 Å². The van der Waals surface area contributed by atoms with E-state index in [2.05, 4.69) is 20.3 Å². The molecule has 1 N–H and O–H groups in total. The highest BCUT2D eigenvalue weighted by Crippen LogP contribution is 2.46. The first-order valence-electron chi connectivity index (χ1n) is 12.8. The predicted octanol–water partition coefficient (Wildman–Crippen LogP) is 6.02. The molecule has 2 bridgehead atoms. The Hall–Kier alpha value is -3.10. The van der Waals surface area contributed by atoms with Crippen LogP contribution in [0.25, 0.3) is 21.9 Å².